The van der Waals surface area contributed by atoms with Crippen LogP contribution in [0.4, 0.5) is 0 Å². The fourth-order valence-electron chi connectivity index (χ4n) is 1.04. The van der Waals surface area contributed by atoms with E-state index in [-0.39, 0.29) is 17.7 Å². The van der Waals surface area contributed by atoms with Gasteiger partial charge in [0.15, 0.2) is 0 Å². The van der Waals surface area contributed by atoms with Crippen LogP contribution in [0.15, 0.2) is 0 Å². The summed E-state index contributed by atoms with van der Waals surface area (Å²) in [6.07, 6.45) is 0.443. The van der Waals surface area contributed by atoms with Crippen LogP contribution in [0.25, 0.3) is 0 Å². The van der Waals surface area contributed by atoms with Crippen LogP contribution in [0.3, 0.4) is 0 Å². The number of carbonyl (C=O) groups excluding carboxylic acids is 3. The maximum Gasteiger partial charge on any atom is 0.243 e. The molecule has 104 valence electrons. The maximum absolute atomic E-state index is 11.5. The molecule has 0 fully saturated rings. The summed E-state index contributed by atoms with van der Waals surface area (Å²) in [4.78, 5) is 33.3. The molecule has 0 aliphatic heterocycles. The van der Waals surface area contributed by atoms with Crippen LogP contribution in [0, 0.1) is 0 Å². The Labute approximate surface area is 115 Å². The Morgan fingerprint density at radius 2 is 1.78 bits per heavy atom. The van der Waals surface area contributed by atoms with Gasteiger partial charge in [-0.25, -0.2) is 0 Å². The van der Waals surface area contributed by atoms with Crippen LogP contribution in [0.1, 0.15) is 13.3 Å². The molecule has 0 radical (unpaired) electrons. The third kappa shape index (κ3) is 8.24. The summed E-state index contributed by atoms with van der Waals surface area (Å²) in [6, 6.07) is -0.537. The van der Waals surface area contributed by atoms with Gasteiger partial charge in [-0.3, -0.25) is 14.4 Å². The summed E-state index contributed by atoms with van der Waals surface area (Å²) in [6.45, 7) is 1.37. The van der Waals surface area contributed by atoms with Crippen molar-refractivity contribution in [2.24, 2.45) is 0 Å². The summed E-state index contributed by atoms with van der Waals surface area (Å²) in [5, 5.41) is 7.61. The molecule has 0 aromatic carbocycles. The highest BCUT2D eigenvalue weighted by molar-refractivity contribution is 8.76. The first kappa shape index (κ1) is 17.1. The molecule has 0 bridgehead atoms. The van der Waals surface area contributed by atoms with Crippen molar-refractivity contribution in [1.29, 1.82) is 0 Å². The Morgan fingerprint density at radius 3 is 2.28 bits per heavy atom. The molecule has 0 rings (SSSR count). The fraction of sp³-hybridized carbons (Fsp3) is 0.700. The number of hydrogen-bond acceptors (Lipinski definition) is 5. The molecular weight excluding hydrogens is 274 g/mol. The van der Waals surface area contributed by atoms with Crippen molar-refractivity contribution in [1.82, 2.24) is 16.0 Å². The van der Waals surface area contributed by atoms with E-state index in [0.717, 1.165) is 0 Å². The molecule has 3 amide bonds. The highest BCUT2D eigenvalue weighted by Crippen LogP contribution is 2.22. The van der Waals surface area contributed by atoms with Crippen molar-refractivity contribution in [2.75, 3.05) is 25.6 Å². The standard InChI is InChI=1S/C10H19N3O3S2/c1-7(14)13-8(10(16)12-3)6-18-17-5-4-9(15)11-2/h8H,4-6H2,1-3H3,(H,11,15)(H,12,16)(H,13,14)/t8-/m0/s1. The van der Waals surface area contributed by atoms with E-state index in [2.05, 4.69) is 16.0 Å². The largest absolute Gasteiger partial charge is 0.359 e. The van der Waals surface area contributed by atoms with Crippen LogP contribution < -0.4 is 16.0 Å². The van der Waals surface area contributed by atoms with E-state index >= 15 is 0 Å². The zero-order valence-corrected chi connectivity index (χ0v) is 12.4. The predicted molar refractivity (Wildman–Crippen MR) is 75.3 cm³/mol. The molecule has 8 heteroatoms. The van der Waals surface area contributed by atoms with Gasteiger partial charge in [-0.15, -0.1) is 0 Å². The first-order valence-corrected chi connectivity index (χ1v) is 7.93. The lowest BCUT2D eigenvalue weighted by molar-refractivity contribution is -0.127. The van der Waals surface area contributed by atoms with E-state index in [0.29, 0.717) is 17.9 Å². The monoisotopic (exact) mass is 293 g/mol. The maximum atomic E-state index is 11.5. The van der Waals surface area contributed by atoms with E-state index in [9.17, 15) is 14.4 Å². The van der Waals surface area contributed by atoms with Gasteiger partial charge in [0.1, 0.15) is 6.04 Å². The molecule has 0 aromatic rings. The van der Waals surface area contributed by atoms with Crippen molar-refractivity contribution in [3.8, 4) is 0 Å². The first-order valence-electron chi connectivity index (χ1n) is 5.45. The molecule has 3 N–H and O–H groups in total. The van der Waals surface area contributed by atoms with Gasteiger partial charge >= 0.3 is 0 Å². The molecule has 0 spiro atoms. The van der Waals surface area contributed by atoms with Gasteiger partial charge < -0.3 is 16.0 Å². The SMILES string of the molecule is CNC(=O)CCSSC[C@H](NC(C)=O)C(=O)NC. The van der Waals surface area contributed by atoms with E-state index < -0.39 is 6.04 Å². The van der Waals surface area contributed by atoms with Crippen LogP contribution >= 0.6 is 21.6 Å². The van der Waals surface area contributed by atoms with E-state index in [1.54, 1.807) is 7.05 Å². The average Bonchev–Trinajstić information content (AvgIpc) is 2.35. The van der Waals surface area contributed by atoms with Crippen LogP contribution in [0.5, 0.6) is 0 Å². The molecule has 0 heterocycles. The van der Waals surface area contributed by atoms with E-state index in [4.69, 9.17) is 0 Å². The quantitative estimate of drug-likeness (QED) is 0.424. The highest BCUT2D eigenvalue weighted by Gasteiger charge is 2.17. The molecule has 0 aliphatic carbocycles. The number of amides is 3. The minimum absolute atomic E-state index is 0.00666. The second-order valence-electron chi connectivity index (χ2n) is 3.40. The van der Waals surface area contributed by atoms with Crippen LogP contribution in [0.2, 0.25) is 0 Å². The lowest BCUT2D eigenvalue weighted by atomic mass is 10.3. The lowest BCUT2D eigenvalue weighted by Crippen LogP contribution is -2.46. The minimum atomic E-state index is -0.537. The Kier molecular flexibility index (Phi) is 9.57. The normalized spacial score (nSPS) is 11.5. The van der Waals surface area contributed by atoms with Gasteiger partial charge in [-0.1, -0.05) is 21.6 Å². The van der Waals surface area contributed by atoms with Crippen molar-refractivity contribution in [3.05, 3.63) is 0 Å². The fourth-order valence-corrected chi connectivity index (χ4v) is 3.19. The van der Waals surface area contributed by atoms with Gasteiger partial charge in [0.25, 0.3) is 0 Å². The summed E-state index contributed by atoms with van der Waals surface area (Å²) in [5.74, 6) is 0.680. The molecular formula is C10H19N3O3S2. The van der Waals surface area contributed by atoms with Gasteiger partial charge in [0.05, 0.1) is 0 Å². The molecule has 0 aromatic heterocycles. The summed E-state index contributed by atoms with van der Waals surface area (Å²) in [5.41, 5.74) is 0. The molecule has 1 atom stereocenters. The number of nitrogens with one attached hydrogen (secondary N) is 3. The predicted octanol–water partition coefficient (Wildman–Crippen LogP) is -0.245. The zero-order valence-electron chi connectivity index (χ0n) is 10.7. The molecule has 0 aliphatic rings. The number of carbonyl (C=O) groups is 3. The van der Waals surface area contributed by atoms with Crippen molar-refractivity contribution in [2.45, 2.75) is 19.4 Å². The van der Waals surface area contributed by atoms with Gasteiger partial charge in [-0.2, -0.15) is 0 Å². The topological polar surface area (TPSA) is 87.3 Å². The van der Waals surface area contributed by atoms with Crippen LogP contribution in [-0.4, -0.2) is 49.4 Å². The molecule has 0 saturated carbocycles. The third-order valence-corrected chi connectivity index (χ3v) is 4.36. The number of hydrogen-bond donors (Lipinski definition) is 3. The third-order valence-electron chi connectivity index (χ3n) is 1.95. The van der Waals surface area contributed by atoms with E-state index in [1.807, 2.05) is 0 Å². The van der Waals surface area contributed by atoms with Gasteiger partial charge in [0.2, 0.25) is 17.7 Å². The Balaban J connectivity index is 3.86. The lowest BCUT2D eigenvalue weighted by Gasteiger charge is -2.15. The van der Waals surface area contributed by atoms with Crippen LogP contribution in [-0.2, 0) is 14.4 Å². The minimum Gasteiger partial charge on any atom is -0.359 e. The Bertz CT molecular complexity index is 300. The van der Waals surface area contributed by atoms with Crippen molar-refractivity contribution in [3.63, 3.8) is 0 Å². The molecule has 18 heavy (non-hydrogen) atoms. The number of rotatable bonds is 8. The van der Waals surface area contributed by atoms with Gasteiger partial charge in [-0.05, 0) is 0 Å². The highest BCUT2D eigenvalue weighted by atomic mass is 33.1. The Hall–Kier alpha value is -0.890. The molecule has 0 saturated heterocycles. The molecule has 6 nitrogen and oxygen atoms in total. The molecule has 0 unspecified atom stereocenters. The zero-order chi connectivity index (χ0) is 14.0. The summed E-state index contributed by atoms with van der Waals surface area (Å²) in [7, 11) is 6.09. The number of likely N-dealkylation sites (N-methyl/N-ethyl adjacent to an activating group) is 1. The summed E-state index contributed by atoms with van der Waals surface area (Å²) >= 11 is 0. The Morgan fingerprint density at radius 1 is 1.11 bits per heavy atom. The smallest absolute Gasteiger partial charge is 0.243 e. The summed E-state index contributed by atoms with van der Waals surface area (Å²) < 4.78 is 0. The average molecular weight is 293 g/mol. The second-order valence-corrected chi connectivity index (χ2v) is 6.02. The first-order chi connectivity index (χ1) is 8.51. The second kappa shape index (κ2) is 10.1. The van der Waals surface area contributed by atoms with Crippen molar-refractivity contribution >= 4 is 39.3 Å². The van der Waals surface area contributed by atoms with E-state index in [1.165, 1.54) is 35.6 Å². The van der Waals surface area contributed by atoms with Crippen molar-refractivity contribution < 1.29 is 14.4 Å². The van der Waals surface area contributed by atoms with Gasteiger partial charge in [0, 0.05) is 38.9 Å².